The lowest BCUT2D eigenvalue weighted by Gasteiger charge is -2.34. The average molecular weight is 445 g/mol. The first kappa shape index (κ1) is 20.4. The van der Waals surface area contributed by atoms with Crippen molar-refractivity contribution in [3.8, 4) is 5.69 Å². The van der Waals surface area contributed by atoms with Gasteiger partial charge in [-0.15, -0.1) is 10.2 Å². The molecule has 0 unspecified atom stereocenters. The first-order valence-electron chi connectivity index (χ1n) is 11.9. The van der Waals surface area contributed by atoms with Gasteiger partial charge in [-0.1, -0.05) is 18.2 Å². The van der Waals surface area contributed by atoms with E-state index < -0.39 is 0 Å². The summed E-state index contributed by atoms with van der Waals surface area (Å²) < 4.78 is 16.1. The fourth-order valence-electron chi connectivity index (χ4n) is 5.60. The molecule has 170 valence electrons. The molecule has 0 radical (unpaired) electrons. The Balaban J connectivity index is 1.07. The van der Waals surface area contributed by atoms with Gasteiger partial charge in [-0.25, -0.2) is 4.39 Å². The predicted molar refractivity (Wildman–Crippen MR) is 128 cm³/mol. The van der Waals surface area contributed by atoms with Gasteiger partial charge in [0, 0.05) is 23.6 Å². The van der Waals surface area contributed by atoms with Crippen molar-refractivity contribution in [3.63, 3.8) is 0 Å². The summed E-state index contributed by atoms with van der Waals surface area (Å²) in [5.41, 5.74) is 4.61. The monoisotopic (exact) mass is 444 g/mol. The molecule has 1 saturated heterocycles. The van der Waals surface area contributed by atoms with E-state index in [-0.39, 0.29) is 5.82 Å². The molecule has 0 spiro atoms. The lowest BCUT2D eigenvalue weighted by molar-refractivity contribution is 0.211. The van der Waals surface area contributed by atoms with Crippen LogP contribution in [0.15, 0.2) is 48.7 Å². The lowest BCUT2D eigenvalue weighted by Crippen LogP contribution is -2.36. The largest absolute Gasteiger partial charge is 0.362 e. The molecule has 0 amide bonds. The Labute approximate surface area is 193 Å². The number of aryl methyl sites for hydroxylation is 1. The van der Waals surface area contributed by atoms with Crippen LogP contribution < -0.4 is 4.90 Å². The van der Waals surface area contributed by atoms with Crippen molar-refractivity contribution in [2.45, 2.75) is 38.6 Å². The van der Waals surface area contributed by atoms with E-state index in [1.54, 1.807) is 6.07 Å². The zero-order valence-electron chi connectivity index (χ0n) is 19.0. The minimum Gasteiger partial charge on any atom is -0.362 e. The van der Waals surface area contributed by atoms with E-state index in [2.05, 4.69) is 55.4 Å². The van der Waals surface area contributed by atoms with Gasteiger partial charge in [0.25, 0.3) is 0 Å². The van der Waals surface area contributed by atoms with E-state index in [0.717, 1.165) is 55.6 Å². The van der Waals surface area contributed by atoms with Crippen LogP contribution in [0.3, 0.4) is 0 Å². The molecule has 2 aliphatic heterocycles. The maximum absolute atomic E-state index is 14.1. The number of para-hydroxylation sites is 1. The van der Waals surface area contributed by atoms with Crippen molar-refractivity contribution in [2.75, 3.05) is 31.1 Å². The number of nitrogens with zero attached hydrogens (tertiary/aromatic N) is 5. The highest BCUT2D eigenvalue weighted by Gasteiger charge is 2.26. The van der Waals surface area contributed by atoms with Crippen LogP contribution in [-0.4, -0.2) is 50.8 Å². The Kier molecular flexibility index (Phi) is 5.14. The molecule has 0 bridgehead atoms. The summed E-state index contributed by atoms with van der Waals surface area (Å²) in [5.74, 6) is 2.19. The summed E-state index contributed by atoms with van der Waals surface area (Å²) >= 11 is 0. The third-order valence-electron chi connectivity index (χ3n) is 7.29. The van der Waals surface area contributed by atoms with Gasteiger partial charge in [0.1, 0.15) is 11.6 Å². The van der Waals surface area contributed by atoms with Crippen LogP contribution in [0.4, 0.5) is 10.1 Å². The maximum atomic E-state index is 14.1. The lowest BCUT2D eigenvalue weighted by atomic mass is 9.89. The number of aromatic nitrogens is 4. The summed E-state index contributed by atoms with van der Waals surface area (Å²) in [4.78, 5) is 8.26. The van der Waals surface area contributed by atoms with E-state index >= 15 is 0 Å². The van der Waals surface area contributed by atoms with Crippen LogP contribution in [0.5, 0.6) is 0 Å². The number of halogens is 1. The van der Waals surface area contributed by atoms with Crippen molar-refractivity contribution in [1.82, 2.24) is 24.6 Å². The van der Waals surface area contributed by atoms with E-state index in [4.69, 9.17) is 0 Å². The quantitative estimate of drug-likeness (QED) is 0.481. The molecule has 2 aromatic carbocycles. The molecule has 6 nitrogen and oxygen atoms in total. The SMILES string of the molecule is Cc1nnc2n1-c1ccc(F)cc1N(CCCN1CCC(c3c[nH]c4ccccc34)CC1)C2. The Morgan fingerprint density at radius 2 is 1.88 bits per heavy atom. The number of H-pyrrole nitrogens is 1. The third-order valence-corrected chi connectivity index (χ3v) is 7.29. The molecule has 33 heavy (non-hydrogen) atoms. The summed E-state index contributed by atoms with van der Waals surface area (Å²) in [6.45, 7) is 6.81. The first-order valence-corrected chi connectivity index (χ1v) is 11.9. The highest BCUT2D eigenvalue weighted by Crippen LogP contribution is 2.34. The summed E-state index contributed by atoms with van der Waals surface area (Å²) in [6.07, 6.45) is 5.64. The second kappa shape index (κ2) is 8.30. The van der Waals surface area contributed by atoms with Crippen molar-refractivity contribution >= 4 is 16.6 Å². The van der Waals surface area contributed by atoms with Crippen molar-refractivity contribution in [2.24, 2.45) is 0 Å². The van der Waals surface area contributed by atoms with Crippen LogP contribution in [0.1, 0.15) is 42.4 Å². The molecule has 2 aromatic heterocycles. The highest BCUT2D eigenvalue weighted by molar-refractivity contribution is 5.83. The molecule has 1 fully saturated rings. The van der Waals surface area contributed by atoms with E-state index in [1.165, 1.54) is 35.4 Å². The standard InChI is InChI=1S/C26H29FN6/c1-18-29-30-26-17-32(25-15-20(27)7-8-24(25)33(18)26)12-4-11-31-13-9-19(10-14-31)22-16-28-23-6-3-2-5-21(22)23/h2-3,5-8,15-16,19,28H,4,9-14,17H2,1H3. The molecule has 0 saturated carbocycles. The fraction of sp³-hybridized carbons (Fsp3) is 0.385. The van der Waals surface area contributed by atoms with Crippen LogP contribution in [-0.2, 0) is 6.54 Å². The van der Waals surface area contributed by atoms with Crippen LogP contribution in [0.25, 0.3) is 16.6 Å². The van der Waals surface area contributed by atoms with E-state index in [0.29, 0.717) is 12.5 Å². The van der Waals surface area contributed by atoms with Gasteiger partial charge in [0.2, 0.25) is 0 Å². The van der Waals surface area contributed by atoms with Gasteiger partial charge >= 0.3 is 0 Å². The first-order chi connectivity index (χ1) is 16.2. The van der Waals surface area contributed by atoms with Crippen LogP contribution in [0, 0.1) is 12.7 Å². The second-order valence-electron chi connectivity index (χ2n) is 9.31. The molecule has 7 heteroatoms. The Hall–Kier alpha value is -3.19. The van der Waals surface area contributed by atoms with E-state index in [1.807, 2.05) is 17.6 Å². The minimum atomic E-state index is -0.202. The number of nitrogens with one attached hydrogen (secondary N) is 1. The minimum absolute atomic E-state index is 0.202. The van der Waals surface area contributed by atoms with Crippen molar-refractivity contribution in [1.29, 1.82) is 0 Å². The zero-order chi connectivity index (χ0) is 22.4. The topological polar surface area (TPSA) is 53.0 Å². The Morgan fingerprint density at radius 1 is 1.03 bits per heavy atom. The molecule has 2 aliphatic rings. The van der Waals surface area contributed by atoms with Gasteiger partial charge < -0.3 is 14.8 Å². The number of piperidine rings is 1. The van der Waals surface area contributed by atoms with Crippen molar-refractivity contribution in [3.05, 3.63) is 71.7 Å². The number of hydrogen-bond donors (Lipinski definition) is 1. The normalized spacial score (nSPS) is 16.8. The van der Waals surface area contributed by atoms with Gasteiger partial charge in [0.05, 0.1) is 17.9 Å². The fourth-order valence-corrected chi connectivity index (χ4v) is 5.60. The third kappa shape index (κ3) is 3.70. The number of benzene rings is 2. The van der Waals surface area contributed by atoms with Crippen molar-refractivity contribution < 1.29 is 4.39 Å². The average Bonchev–Trinajstić information content (AvgIpc) is 3.43. The molecule has 6 rings (SSSR count). The van der Waals surface area contributed by atoms with E-state index in [9.17, 15) is 4.39 Å². The number of hydrogen-bond acceptors (Lipinski definition) is 4. The molecule has 4 aromatic rings. The Morgan fingerprint density at radius 3 is 2.76 bits per heavy atom. The van der Waals surface area contributed by atoms with Crippen LogP contribution in [0.2, 0.25) is 0 Å². The zero-order valence-corrected chi connectivity index (χ0v) is 19.0. The van der Waals surface area contributed by atoms with Gasteiger partial charge in [-0.05, 0) is 81.6 Å². The Bertz CT molecular complexity index is 1280. The van der Waals surface area contributed by atoms with Gasteiger partial charge in [0.15, 0.2) is 5.82 Å². The number of anilines is 1. The molecular weight excluding hydrogens is 415 g/mol. The maximum Gasteiger partial charge on any atom is 0.157 e. The summed E-state index contributed by atoms with van der Waals surface area (Å²) in [7, 11) is 0. The van der Waals surface area contributed by atoms with Gasteiger partial charge in [-0.3, -0.25) is 4.57 Å². The number of rotatable bonds is 5. The highest BCUT2D eigenvalue weighted by atomic mass is 19.1. The smallest absolute Gasteiger partial charge is 0.157 e. The molecule has 4 heterocycles. The molecule has 0 aliphatic carbocycles. The van der Waals surface area contributed by atoms with Crippen LogP contribution >= 0.6 is 0 Å². The van der Waals surface area contributed by atoms with Gasteiger partial charge in [-0.2, -0.15) is 0 Å². The number of aromatic amines is 1. The molecule has 0 atom stereocenters. The molecular formula is C26H29FN6. The molecule has 1 N–H and O–H groups in total. The summed E-state index contributed by atoms with van der Waals surface area (Å²) in [6, 6.07) is 13.6. The number of fused-ring (bicyclic) bond motifs is 4. The second-order valence-corrected chi connectivity index (χ2v) is 9.31. The predicted octanol–water partition coefficient (Wildman–Crippen LogP) is 4.79. The summed E-state index contributed by atoms with van der Waals surface area (Å²) in [5, 5.41) is 9.95. The number of likely N-dealkylation sites (tertiary alicyclic amines) is 1.